The maximum absolute atomic E-state index is 5.49. The molecule has 2 N–H and O–H groups in total. The third-order valence-electron chi connectivity index (χ3n) is 5.95. The summed E-state index contributed by atoms with van der Waals surface area (Å²) in [4.78, 5) is 9.63. The maximum atomic E-state index is 5.49. The first kappa shape index (κ1) is 25.5. The van der Waals surface area contributed by atoms with E-state index in [-0.39, 0.29) is 24.0 Å². The molecule has 0 atom stereocenters. The Kier molecular flexibility index (Phi) is 10.5. The Hall–Kier alpha value is -2.10. The Morgan fingerprint density at radius 3 is 2.33 bits per heavy atom. The zero-order chi connectivity index (χ0) is 22.0. The molecule has 178 valence electrons. The molecule has 0 amide bonds. The van der Waals surface area contributed by atoms with Crippen molar-refractivity contribution in [1.82, 2.24) is 15.5 Å². The molecule has 33 heavy (non-hydrogen) atoms. The van der Waals surface area contributed by atoms with Crippen LogP contribution in [0.5, 0.6) is 0 Å². The third-order valence-corrected chi connectivity index (χ3v) is 5.95. The molecule has 0 bridgehead atoms. The Labute approximate surface area is 215 Å². The molecule has 2 heterocycles. The van der Waals surface area contributed by atoms with Gasteiger partial charge in [-0.3, -0.25) is 4.90 Å². The minimum absolute atomic E-state index is 0. The van der Waals surface area contributed by atoms with Crippen LogP contribution in [0.3, 0.4) is 0 Å². The van der Waals surface area contributed by atoms with Gasteiger partial charge in [0.1, 0.15) is 0 Å². The van der Waals surface area contributed by atoms with Gasteiger partial charge in [0.25, 0.3) is 0 Å². The number of nitrogens with zero attached hydrogens (tertiary/aromatic N) is 3. The molecule has 0 spiro atoms. The van der Waals surface area contributed by atoms with Gasteiger partial charge < -0.3 is 20.3 Å². The number of ether oxygens (including phenoxy) is 1. The lowest BCUT2D eigenvalue weighted by Crippen LogP contribution is -2.38. The van der Waals surface area contributed by atoms with Crippen LogP contribution in [-0.4, -0.2) is 56.8 Å². The summed E-state index contributed by atoms with van der Waals surface area (Å²) >= 11 is 0. The van der Waals surface area contributed by atoms with Crippen molar-refractivity contribution in [2.45, 2.75) is 26.6 Å². The van der Waals surface area contributed by atoms with Gasteiger partial charge in [-0.2, -0.15) is 0 Å². The summed E-state index contributed by atoms with van der Waals surface area (Å²) in [5.41, 5.74) is 5.16. The van der Waals surface area contributed by atoms with Crippen LogP contribution in [0.1, 0.15) is 23.6 Å². The van der Waals surface area contributed by atoms with Crippen LogP contribution in [-0.2, 0) is 24.4 Å². The fraction of sp³-hybridized carbons (Fsp3) is 0.423. The molecule has 0 aromatic heterocycles. The molecule has 2 aromatic rings. The monoisotopic (exact) mass is 561 g/mol. The largest absolute Gasteiger partial charge is 0.379 e. The summed E-state index contributed by atoms with van der Waals surface area (Å²) in [6, 6.07) is 17.4. The quantitative estimate of drug-likeness (QED) is 0.223. The van der Waals surface area contributed by atoms with Gasteiger partial charge in [0.05, 0.1) is 19.8 Å². The van der Waals surface area contributed by atoms with Crippen molar-refractivity contribution in [2.24, 2.45) is 4.99 Å². The minimum atomic E-state index is 0. The van der Waals surface area contributed by atoms with Crippen LogP contribution in [0.25, 0.3) is 0 Å². The first-order valence-corrected chi connectivity index (χ1v) is 11.7. The van der Waals surface area contributed by atoms with Crippen LogP contribution in [0.15, 0.2) is 65.7 Å². The Morgan fingerprint density at radius 1 is 0.939 bits per heavy atom. The molecule has 0 saturated carbocycles. The lowest BCUT2D eigenvalue weighted by Gasteiger charge is -2.27. The number of morpholine rings is 1. The zero-order valence-corrected chi connectivity index (χ0v) is 21.8. The van der Waals surface area contributed by atoms with Crippen LogP contribution in [0.2, 0.25) is 0 Å². The smallest absolute Gasteiger partial charge is 0.191 e. The Morgan fingerprint density at radius 2 is 1.64 bits per heavy atom. The average molecular weight is 562 g/mol. The van der Waals surface area contributed by atoms with E-state index in [9.17, 15) is 0 Å². The van der Waals surface area contributed by atoms with Crippen molar-refractivity contribution in [3.8, 4) is 0 Å². The highest BCUT2D eigenvalue weighted by Gasteiger charge is 2.13. The number of guanidine groups is 1. The summed E-state index contributed by atoms with van der Waals surface area (Å²) in [5.74, 6) is 0.849. The van der Waals surface area contributed by atoms with Gasteiger partial charge in [-0.25, -0.2) is 4.99 Å². The van der Waals surface area contributed by atoms with Crippen LogP contribution >= 0.6 is 24.0 Å². The minimum Gasteiger partial charge on any atom is -0.379 e. The number of anilines is 1. The SMILES string of the molecule is CCNC(=NCc1ccc(N2CC=CC2)cc1)NCc1ccccc1CN1CCOCC1.I. The number of nitrogens with one attached hydrogen (secondary N) is 2. The third kappa shape index (κ3) is 7.72. The van der Waals surface area contributed by atoms with E-state index >= 15 is 0 Å². The van der Waals surface area contributed by atoms with Gasteiger partial charge in [-0.1, -0.05) is 48.6 Å². The van der Waals surface area contributed by atoms with E-state index < -0.39 is 0 Å². The van der Waals surface area contributed by atoms with Crippen LogP contribution in [0, 0.1) is 0 Å². The fourth-order valence-corrected chi connectivity index (χ4v) is 4.08. The van der Waals surface area contributed by atoms with Gasteiger partial charge in [-0.05, 0) is 35.7 Å². The molecule has 6 nitrogen and oxygen atoms in total. The molecule has 0 aliphatic carbocycles. The van der Waals surface area contributed by atoms with E-state index in [1.54, 1.807) is 0 Å². The van der Waals surface area contributed by atoms with Gasteiger partial charge in [0, 0.05) is 51.5 Å². The van der Waals surface area contributed by atoms with Crippen LogP contribution in [0.4, 0.5) is 5.69 Å². The van der Waals surface area contributed by atoms with E-state index in [0.717, 1.165) is 65.0 Å². The second kappa shape index (κ2) is 13.6. The predicted octanol–water partition coefficient (Wildman–Crippen LogP) is 3.77. The number of benzene rings is 2. The molecule has 0 radical (unpaired) electrons. The number of halogens is 1. The second-order valence-electron chi connectivity index (χ2n) is 8.25. The van der Waals surface area contributed by atoms with Crippen molar-refractivity contribution in [3.63, 3.8) is 0 Å². The molecule has 2 aromatic carbocycles. The average Bonchev–Trinajstić information content (AvgIpc) is 3.38. The molecule has 2 aliphatic heterocycles. The van der Waals surface area contributed by atoms with Crippen LogP contribution < -0.4 is 15.5 Å². The highest BCUT2D eigenvalue weighted by Crippen LogP contribution is 2.18. The molecule has 1 fully saturated rings. The zero-order valence-electron chi connectivity index (χ0n) is 19.5. The molecule has 7 heteroatoms. The van der Waals surface area contributed by atoms with Crippen molar-refractivity contribution in [1.29, 1.82) is 0 Å². The molecule has 2 aliphatic rings. The van der Waals surface area contributed by atoms with E-state index in [1.807, 2.05) is 0 Å². The van der Waals surface area contributed by atoms with Gasteiger partial charge in [0.15, 0.2) is 5.96 Å². The van der Waals surface area contributed by atoms with E-state index in [2.05, 4.69) is 88.0 Å². The predicted molar refractivity (Wildman–Crippen MR) is 147 cm³/mol. The second-order valence-corrected chi connectivity index (χ2v) is 8.25. The van der Waals surface area contributed by atoms with E-state index in [0.29, 0.717) is 6.54 Å². The Bertz CT molecular complexity index is 901. The topological polar surface area (TPSA) is 52.1 Å². The number of hydrogen-bond acceptors (Lipinski definition) is 4. The molecule has 4 rings (SSSR count). The molecule has 0 unspecified atom stereocenters. The maximum Gasteiger partial charge on any atom is 0.191 e. The van der Waals surface area contributed by atoms with Crippen molar-refractivity contribution >= 4 is 35.6 Å². The van der Waals surface area contributed by atoms with Gasteiger partial charge in [0.2, 0.25) is 0 Å². The van der Waals surface area contributed by atoms with Crippen molar-refractivity contribution < 1.29 is 4.74 Å². The van der Waals surface area contributed by atoms with E-state index in [4.69, 9.17) is 9.73 Å². The highest BCUT2D eigenvalue weighted by molar-refractivity contribution is 14.0. The lowest BCUT2D eigenvalue weighted by molar-refractivity contribution is 0.0341. The van der Waals surface area contributed by atoms with Crippen molar-refractivity contribution in [3.05, 3.63) is 77.4 Å². The summed E-state index contributed by atoms with van der Waals surface area (Å²) in [7, 11) is 0. The summed E-state index contributed by atoms with van der Waals surface area (Å²) in [6.07, 6.45) is 4.43. The molecule has 1 saturated heterocycles. The van der Waals surface area contributed by atoms with Gasteiger partial charge >= 0.3 is 0 Å². The summed E-state index contributed by atoms with van der Waals surface area (Å²) in [5, 5.41) is 6.90. The first-order chi connectivity index (χ1) is 15.8. The Balaban J connectivity index is 0.00000306. The fourth-order valence-electron chi connectivity index (χ4n) is 4.08. The lowest BCUT2D eigenvalue weighted by atomic mass is 10.1. The molecular weight excluding hydrogens is 525 g/mol. The van der Waals surface area contributed by atoms with Crippen molar-refractivity contribution in [2.75, 3.05) is 50.8 Å². The standard InChI is InChI=1S/C26H35N5O.HI/c1-2-27-26(28-19-22-9-11-25(12-10-22)31-13-5-6-14-31)29-20-23-7-3-4-8-24(23)21-30-15-17-32-18-16-30;/h3-12H,2,13-21H2,1H3,(H2,27,28,29);1H. The first-order valence-electron chi connectivity index (χ1n) is 11.7. The van der Waals surface area contributed by atoms with E-state index in [1.165, 1.54) is 22.4 Å². The number of hydrogen-bond donors (Lipinski definition) is 2. The number of aliphatic imine (C=N–C) groups is 1. The van der Waals surface area contributed by atoms with Gasteiger partial charge in [-0.15, -0.1) is 24.0 Å². The normalized spacial score (nSPS) is 16.5. The summed E-state index contributed by atoms with van der Waals surface area (Å²) in [6.45, 7) is 11.0. The summed E-state index contributed by atoms with van der Waals surface area (Å²) < 4.78 is 5.49. The number of rotatable bonds is 8. The molecular formula is C26H36IN5O. The highest BCUT2D eigenvalue weighted by atomic mass is 127.